The van der Waals surface area contributed by atoms with Crippen LogP contribution in [0.4, 0.5) is 5.69 Å². The van der Waals surface area contributed by atoms with Crippen LogP contribution in [-0.2, 0) is 17.1 Å². The summed E-state index contributed by atoms with van der Waals surface area (Å²) in [5, 5.41) is 3.21. The maximum Gasteiger partial charge on any atom is 0.296 e. The molecule has 0 radical (unpaired) electrons. The Morgan fingerprint density at radius 3 is 2.55 bits per heavy atom. The van der Waals surface area contributed by atoms with Crippen molar-refractivity contribution in [3.63, 3.8) is 0 Å². The highest BCUT2D eigenvalue weighted by Crippen LogP contribution is 2.24. The quantitative estimate of drug-likeness (QED) is 0.596. The van der Waals surface area contributed by atoms with E-state index < -0.39 is 21.5 Å². The third kappa shape index (κ3) is 4.21. The van der Waals surface area contributed by atoms with E-state index in [9.17, 15) is 18.0 Å². The molecule has 0 unspecified atom stereocenters. The minimum Gasteiger partial charge on any atom is -0.301 e. The Labute approximate surface area is 195 Å². The van der Waals surface area contributed by atoms with Gasteiger partial charge in [0, 0.05) is 25.4 Å². The number of carbonyl (C=O) groups is 1. The number of thioether (sulfide) groups is 1. The second-order valence-corrected chi connectivity index (χ2v) is 10.5. The highest BCUT2D eigenvalue weighted by molar-refractivity contribution is 8.14. The molecule has 0 saturated carbocycles. The third-order valence-corrected chi connectivity index (χ3v) is 8.04. The van der Waals surface area contributed by atoms with E-state index >= 15 is 0 Å². The predicted molar refractivity (Wildman–Crippen MR) is 130 cm³/mol. The van der Waals surface area contributed by atoms with Crippen LogP contribution >= 0.6 is 11.8 Å². The zero-order valence-corrected chi connectivity index (χ0v) is 20.0. The van der Waals surface area contributed by atoms with Crippen LogP contribution in [0.25, 0.3) is 5.69 Å². The molecule has 0 saturated heterocycles. The van der Waals surface area contributed by atoms with Crippen molar-refractivity contribution in [1.29, 1.82) is 0 Å². The van der Waals surface area contributed by atoms with Gasteiger partial charge in [0.1, 0.15) is 5.69 Å². The van der Waals surface area contributed by atoms with Crippen LogP contribution in [0.5, 0.6) is 0 Å². The van der Waals surface area contributed by atoms with Gasteiger partial charge in [0.05, 0.1) is 22.8 Å². The molecular weight excluding hydrogens is 462 g/mol. The molecule has 172 valence electrons. The first-order valence-electron chi connectivity index (χ1n) is 10.1. The summed E-state index contributed by atoms with van der Waals surface area (Å²) in [5.74, 6) is 0.358. The molecule has 0 aliphatic carbocycles. The lowest BCUT2D eigenvalue weighted by molar-refractivity contribution is 0.0977. The smallest absolute Gasteiger partial charge is 0.296 e. The summed E-state index contributed by atoms with van der Waals surface area (Å²) in [7, 11) is -1.08. The zero-order valence-electron chi connectivity index (χ0n) is 18.3. The minimum atomic E-state index is -4.11. The van der Waals surface area contributed by atoms with E-state index in [1.165, 1.54) is 47.8 Å². The Kier molecular flexibility index (Phi) is 6.17. The molecule has 1 N–H and O–H groups in total. The number of aliphatic imine (C=N–C) groups is 1. The highest BCUT2D eigenvalue weighted by Gasteiger charge is 2.29. The first-order chi connectivity index (χ1) is 15.7. The van der Waals surface area contributed by atoms with Crippen molar-refractivity contribution in [2.45, 2.75) is 11.8 Å². The summed E-state index contributed by atoms with van der Waals surface area (Å²) in [6.07, 6.45) is 0. The number of amides is 1. The summed E-state index contributed by atoms with van der Waals surface area (Å²) in [4.78, 5) is 29.9. The number of para-hydroxylation sites is 1. The van der Waals surface area contributed by atoms with Crippen LogP contribution in [0.15, 0.2) is 69.3 Å². The standard InChI is InChI=1S/C22H23N5O4S2/c1-15-19(21(29)27(25(15)2)17-9-5-4-6-10-17)26(3)33(30,31)18-11-7-8-16(14-18)20(28)24-22-23-12-13-32-22/h4-11,14H,12-13H2,1-3H3,(H,23,24,28). The Morgan fingerprint density at radius 2 is 1.88 bits per heavy atom. The molecule has 1 amide bonds. The molecule has 2 heterocycles. The molecule has 0 bridgehead atoms. The summed E-state index contributed by atoms with van der Waals surface area (Å²) in [6, 6.07) is 14.7. The molecular formula is C22H23N5O4S2. The average Bonchev–Trinajstić information content (AvgIpc) is 3.40. The number of aromatic nitrogens is 2. The number of benzene rings is 2. The average molecular weight is 486 g/mol. The second kappa shape index (κ2) is 8.91. The van der Waals surface area contributed by atoms with Gasteiger partial charge in [0.2, 0.25) is 0 Å². The molecule has 0 atom stereocenters. The lowest BCUT2D eigenvalue weighted by Gasteiger charge is -2.18. The number of amidine groups is 1. The Morgan fingerprint density at radius 1 is 1.15 bits per heavy atom. The maximum absolute atomic E-state index is 13.4. The number of hydrogen-bond acceptors (Lipinski definition) is 6. The topological polar surface area (TPSA) is 106 Å². The van der Waals surface area contributed by atoms with Crippen LogP contribution < -0.4 is 15.2 Å². The number of sulfonamides is 1. The largest absolute Gasteiger partial charge is 0.301 e. The molecule has 2 aromatic carbocycles. The SMILES string of the molecule is Cc1c(N(C)S(=O)(=O)c2cccc(C(=O)NC3=NCCS3)c2)c(=O)n(-c2ccccc2)n1C. The predicted octanol–water partition coefficient (Wildman–Crippen LogP) is 2.14. The highest BCUT2D eigenvalue weighted by atomic mass is 32.2. The van der Waals surface area contributed by atoms with Gasteiger partial charge in [-0.3, -0.25) is 23.6 Å². The molecule has 0 spiro atoms. The number of carbonyl (C=O) groups excluding carboxylic acids is 1. The minimum absolute atomic E-state index is 0.0351. The molecule has 4 rings (SSSR count). The second-order valence-electron chi connectivity index (χ2n) is 7.40. The van der Waals surface area contributed by atoms with Gasteiger partial charge >= 0.3 is 0 Å². The summed E-state index contributed by atoms with van der Waals surface area (Å²) in [5.41, 5.74) is 0.869. The summed E-state index contributed by atoms with van der Waals surface area (Å²) in [6.45, 7) is 2.32. The number of nitrogens with zero attached hydrogens (tertiary/aromatic N) is 4. The molecule has 9 nitrogen and oxygen atoms in total. The molecule has 33 heavy (non-hydrogen) atoms. The van der Waals surface area contributed by atoms with E-state index in [4.69, 9.17) is 0 Å². The lowest BCUT2D eigenvalue weighted by Crippen LogP contribution is -2.32. The van der Waals surface area contributed by atoms with E-state index in [0.29, 0.717) is 23.1 Å². The van der Waals surface area contributed by atoms with Gasteiger partial charge in [0.25, 0.3) is 21.5 Å². The molecule has 1 aliphatic rings. The maximum atomic E-state index is 13.4. The van der Waals surface area contributed by atoms with E-state index in [0.717, 1.165) is 10.1 Å². The van der Waals surface area contributed by atoms with Gasteiger partial charge in [-0.25, -0.2) is 13.1 Å². The van der Waals surface area contributed by atoms with Gasteiger partial charge in [-0.2, -0.15) is 0 Å². The number of anilines is 1. The van der Waals surface area contributed by atoms with Crippen molar-refractivity contribution >= 4 is 38.5 Å². The molecule has 1 aromatic heterocycles. The molecule has 11 heteroatoms. The van der Waals surface area contributed by atoms with Crippen molar-refractivity contribution in [2.24, 2.45) is 12.0 Å². The monoisotopic (exact) mass is 485 g/mol. The first kappa shape index (κ1) is 22.9. The van der Waals surface area contributed by atoms with Crippen LogP contribution in [0, 0.1) is 6.92 Å². The van der Waals surface area contributed by atoms with Crippen LogP contribution in [0.2, 0.25) is 0 Å². The van der Waals surface area contributed by atoms with Crippen LogP contribution in [0.1, 0.15) is 16.1 Å². The van der Waals surface area contributed by atoms with Gasteiger partial charge in [0.15, 0.2) is 5.17 Å². The van der Waals surface area contributed by atoms with Crippen molar-refractivity contribution in [3.05, 3.63) is 76.2 Å². The Bertz CT molecular complexity index is 1410. The number of nitrogens with one attached hydrogen (secondary N) is 1. The third-order valence-electron chi connectivity index (χ3n) is 5.40. The van der Waals surface area contributed by atoms with Crippen molar-refractivity contribution in [1.82, 2.24) is 14.7 Å². The Balaban J connectivity index is 1.70. The molecule has 1 aliphatic heterocycles. The number of hydrogen-bond donors (Lipinski definition) is 1. The van der Waals surface area contributed by atoms with Gasteiger partial charge < -0.3 is 5.32 Å². The van der Waals surface area contributed by atoms with Gasteiger partial charge in [-0.05, 0) is 37.3 Å². The lowest BCUT2D eigenvalue weighted by atomic mass is 10.2. The van der Waals surface area contributed by atoms with Crippen molar-refractivity contribution in [3.8, 4) is 5.69 Å². The van der Waals surface area contributed by atoms with Crippen molar-refractivity contribution < 1.29 is 13.2 Å². The van der Waals surface area contributed by atoms with Gasteiger partial charge in [-0.15, -0.1) is 0 Å². The van der Waals surface area contributed by atoms with E-state index in [-0.39, 0.29) is 16.1 Å². The Hall–Kier alpha value is -3.31. The van der Waals surface area contributed by atoms with E-state index in [2.05, 4.69) is 10.3 Å². The van der Waals surface area contributed by atoms with Crippen molar-refractivity contribution in [2.75, 3.05) is 23.7 Å². The van der Waals surface area contributed by atoms with E-state index in [1.54, 1.807) is 42.9 Å². The normalized spacial score (nSPS) is 13.6. The first-order valence-corrected chi connectivity index (χ1v) is 12.6. The molecule has 3 aromatic rings. The van der Waals surface area contributed by atoms with E-state index in [1.807, 2.05) is 6.07 Å². The fraction of sp³-hybridized carbons (Fsp3) is 0.227. The molecule has 0 fully saturated rings. The van der Waals surface area contributed by atoms with Gasteiger partial charge in [-0.1, -0.05) is 36.0 Å². The summed E-state index contributed by atoms with van der Waals surface area (Å²) < 4.78 is 30.8. The fourth-order valence-corrected chi connectivity index (χ4v) is 5.59. The summed E-state index contributed by atoms with van der Waals surface area (Å²) >= 11 is 1.43. The number of rotatable bonds is 5. The fourth-order valence-electron chi connectivity index (χ4n) is 3.57. The van der Waals surface area contributed by atoms with Crippen LogP contribution in [0.3, 0.4) is 0 Å². The van der Waals surface area contributed by atoms with Crippen LogP contribution in [-0.4, -0.2) is 48.2 Å². The zero-order chi connectivity index (χ0) is 23.8.